The van der Waals surface area contributed by atoms with Crippen LogP contribution in [0.15, 0.2) is 0 Å². The van der Waals surface area contributed by atoms with Gasteiger partial charge in [0, 0.05) is 0 Å². The molecule has 9 fully saturated rings. The molecule has 8 nitrogen and oxygen atoms in total. The van der Waals surface area contributed by atoms with Crippen LogP contribution in [0, 0.1) is 47.3 Å². The fourth-order valence-corrected chi connectivity index (χ4v) is 14.7. The van der Waals surface area contributed by atoms with Crippen molar-refractivity contribution in [2.45, 2.75) is 150 Å². The average Bonchev–Trinajstić information content (AvgIpc) is 3.76. The summed E-state index contributed by atoms with van der Waals surface area (Å²) in [6, 6.07) is 0. The highest BCUT2D eigenvalue weighted by atomic mass is 35.6. The largest absolute Gasteiger partial charge is 0.380 e. The number of hydrogen-bond acceptors (Lipinski definition) is 8. The predicted molar refractivity (Wildman–Crippen MR) is 169 cm³/mol. The molecule has 0 spiro atoms. The monoisotopic (exact) mass is 614 g/mol. The molecule has 9 rings (SSSR count). The van der Waals surface area contributed by atoms with Crippen molar-refractivity contribution < 1.29 is 0 Å². The van der Waals surface area contributed by atoms with E-state index in [1.54, 1.807) is 0 Å². The zero-order valence-corrected chi connectivity index (χ0v) is 27.7. The molecule has 0 amide bonds. The number of fused-ring (bicyclic) bond motifs is 20. The minimum atomic E-state index is -0.573. The normalized spacial score (nSPS) is 57.1. The van der Waals surface area contributed by atoms with Crippen LogP contribution in [0.2, 0.25) is 4.78 Å². The number of halogens is 1. The Kier molecular flexibility index (Phi) is 8.16. The van der Waals surface area contributed by atoms with Gasteiger partial charge >= 0.3 is 14.3 Å². The Morgan fingerprint density at radius 2 is 0.619 bits per heavy atom. The first-order valence-corrected chi connectivity index (χ1v) is 21.3. The Labute approximate surface area is 263 Å². The lowest BCUT2D eigenvalue weighted by Crippen LogP contribution is -2.61. The zero-order valence-electron chi connectivity index (χ0n) is 25.5. The molecule has 0 aromatic rings. The third-order valence-electron chi connectivity index (χ3n) is 14.2. The summed E-state index contributed by atoms with van der Waals surface area (Å²) in [5.41, 5.74) is 0. The molecule has 5 heterocycles. The standard InChI is InChI=1S/C32H55N8.Al.ClH.H/c1-2-10-18-17(9-1)25-33-26(18)38-28-21-13-5-6-14-22(21)30(35-28)40-32-24-16-8-7-15-23(24)31(36-32)39-29-20-12-4-3-11-19(20)27(34-29)37-25;;;/h9,17-40H,1-8,10-16H2;;1H;/q;+1;;/p-1. The van der Waals surface area contributed by atoms with Gasteiger partial charge in [-0.1, -0.05) is 56.1 Å². The van der Waals surface area contributed by atoms with E-state index in [1.807, 2.05) is 0 Å². The van der Waals surface area contributed by atoms with Crippen LogP contribution >= 0.6 is 10.0 Å². The molecular formula is C32H56AlClN8. The first-order chi connectivity index (χ1) is 20.7. The molecule has 4 saturated carbocycles. The van der Waals surface area contributed by atoms with E-state index in [1.165, 1.54) is 96.3 Å². The second-order valence-electron chi connectivity index (χ2n) is 16.1. The SMILES string of the molecule is [Cl][AlH][CH]1CCCC2C3NC4NC(NC5NC(NC6NC(NC(N3)C12)C1CCCCC61)C1CCCCC51)C1CCCCC41. The summed E-state index contributed by atoms with van der Waals surface area (Å²) >= 11 is -0.573. The lowest BCUT2D eigenvalue weighted by Gasteiger charge is -2.38. The van der Waals surface area contributed by atoms with Gasteiger partial charge in [0.1, 0.15) is 0 Å². The van der Waals surface area contributed by atoms with Crippen LogP contribution in [0.1, 0.15) is 96.3 Å². The third-order valence-corrected chi connectivity index (χ3v) is 16.8. The van der Waals surface area contributed by atoms with Crippen LogP contribution < -0.4 is 42.5 Å². The topological polar surface area (TPSA) is 96.2 Å². The van der Waals surface area contributed by atoms with E-state index in [2.05, 4.69) is 42.5 Å². The van der Waals surface area contributed by atoms with Gasteiger partial charge < -0.3 is 0 Å². The number of nitrogens with one attached hydrogen (secondary N) is 8. The molecule has 4 aliphatic carbocycles. The van der Waals surface area contributed by atoms with Gasteiger partial charge in [0.05, 0.1) is 49.3 Å². The first-order valence-electron chi connectivity index (χ1n) is 18.4. The van der Waals surface area contributed by atoms with Gasteiger partial charge in [-0.05, 0) is 92.3 Å². The van der Waals surface area contributed by atoms with Gasteiger partial charge in [-0.2, -0.15) is 0 Å². The molecule has 9 aliphatic rings. The van der Waals surface area contributed by atoms with Crippen LogP contribution in [-0.2, 0) is 0 Å². The van der Waals surface area contributed by atoms with Crippen molar-refractivity contribution in [2.24, 2.45) is 47.3 Å². The van der Waals surface area contributed by atoms with Crippen LogP contribution in [-0.4, -0.2) is 63.6 Å². The zero-order chi connectivity index (χ0) is 27.8. The molecule has 0 aromatic carbocycles. The van der Waals surface area contributed by atoms with E-state index >= 15 is 0 Å². The molecule has 0 radical (unpaired) electrons. The molecule has 5 saturated heterocycles. The van der Waals surface area contributed by atoms with Gasteiger partial charge in [-0.15, -0.1) is 0 Å². The Hall–Kier alpha value is 0.502. The van der Waals surface area contributed by atoms with Gasteiger partial charge in [0.15, 0.2) is 0 Å². The van der Waals surface area contributed by atoms with Crippen molar-refractivity contribution in [2.75, 3.05) is 0 Å². The maximum atomic E-state index is 6.86. The summed E-state index contributed by atoms with van der Waals surface area (Å²) in [4.78, 5) is 0. The molecule has 8 bridgehead atoms. The van der Waals surface area contributed by atoms with E-state index in [-0.39, 0.29) is 0 Å². The summed E-state index contributed by atoms with van der Waals surface area (Å²) in [5, 5.41) is 33.9. The van der Waals surface area contributed by atoms with Crippen LogP contribution in [0.4, 0.5) is 0 Å². The number of hydrogen-bond donors (Lipinski definition) is 8. The Balaban J connectivity index is 1.06. The summed E-state index contributed by atoms with van der Waals surface area (Å²) in [5.74, 6) is 5.69. The van der Waals surface area contributed by atoms with Crippen molar-refractivity contribution in [3.05, 3.63) is 0 Å². The van der Waals surface area contributed by atoms with E-state index in [4.69, 9.17) is 10.0 Å². The number of rotatable bonds is 1. The molecule has 42 heavy (non-hydrogen) atoms. The quantitative estimate of drug-likeness (QED) is 0.214. The highest BCUT2D eigenvalue weighted by molar-refractivity contribution is 6.94. The fraction of sp³-hybridized carbons (Fsp3) is 1.00. The molecule has 234 valence electrons. The molecule has 5 aliphatic heterocycles. The third kappa shape index (κ3) is 4.91. The fourth-order valence-electron chi connectivity index (χ4n) is 12.4. The predicted octanol–water partition coefficient (Wildman–Crippen LogP) is 2.59. The molecule has 17 unspecified atom stereocenters. The van der Waals surface area contributed by atoms with Gasteiger partial charge in [0.25, 0.3) is 0 Å². The van der Waals surface area contributed by atoms with Crippen molar-refractivity contribution >= 4 is 24.3 Å². The second kappa shape index (κ2) is 11.9. The summed E-state index contributed by atoms with van der Waals surface area (Å²) in [6.45, 7) is 0. The van der Waals surface area contributed by atoms with Crippen molar-refractivity contribution in [1.29, 1.82) is 0 Å². The molecule has 0 aromatic heterocycles. The Morgan fingerprint density at radius 3 is 0.952 bits per heavy atom. The minimum Gasteiger partial charge on any atom is -0.286 e. The van der Waals surface area contributed by atoms with Gasteiger partial charge in [-0.25, -0.2) is 0 Å². The van der Waals surface area contributed by atoms with E-state index in [9.17, 15) is 0 Å². The Morgan fingerprint density at radius 1 is 0.333 bits per heavy atom. The smallest absolute Gasteiger partial charge is 0.286 e. The maximum absolute atomic E-state index is 6.86. The summed E-state index contributed by atoms with van der Waals surface area (Å²) in [7, 11) is 6.86. The van der Waals surface area contributed by atoms with E-state index in [0.717, 1.165) is 34.4 Å². The van der Waals surface area contributed by atoms with Crippen molar-refractivity contribution in [3.8, 4) is 0 Å². The van der Waals surface area contributed by atoms with Crippen LogP contribution in [0.25, 0.3) is 0 Å². The van der Waals surface area contributed by atoms with E-state index < -0.39 is 14.3 Å². The lowest BCUT2D eigenvalue weighted by atomic mass is 9.76. The average molecular weight is 615 g/mol. The minimum absolute atomic E-state index is 0.352. The molecule has 8 N–H and O–H groups in total. The first kappa shape index (κ1) is 28.7. The molecule has 10 heteroatoms. The van der Waals surface area contributed by atoms with E-state index in [0.29, 0.717) is 67.1 Å². The van der Waals surface area contributed by atoms with Crippen molar-refractivity contribution in [3.63, 3.8) is 0 Å². The van der Waals surface area contributed by atoms with Crippen molar-refractivity contribution in [1.82, 2.24) is 42.5 Å². The highest BCUT2D eigenvalue weighted by Gasteiger charge is 2.55. The summed E-state index contributed by atoms with van der Waals surface area (Å²) < 4.78 is 0.735. The lowest BCUT2D eigenvalue weighted by molar-refractivity contribution is 0.168. The summed E-state index contributed by atoms with van der Waals surface area (Å²) in [6.07, 6.45) is 23.6. The highest BCUT2D eigenvalue weighted by Crippen LogP contribution is 2.48. The van der Waals surface area contributed by atoms with Gasteiger partial charge in [0.2, 0.25) is 0 Å². The van der Waals surface area contributed by atoms with Gasteiger partial charge in [-0.3, -0.25) is 52.6 Å². The maximum Gasteiger partial charge on any atom is 0.380 e. The molecular weight excluding hydrogens is 559 g/mol. The Bertz CT molecular complexity index is 975. The second-order valence-corrected chi connectivity index (χ2v) is 18.4. The van der Waals surface area contributed by atoms with Crippen LogP contribution in [0.3, 0.4) is 0 Å². The van der Waals surface area contributed by atoms with Crippen LogP contribution in [0.5, 0.6) is 0 Å². The molecule has 17 atom stereocenters.